The summed E-state index contributed by atoms with van der Waals surface area (Å²) < 4.78 is 6.26. The predicted octanol–water partition coefficient (Wildman–Crippen LogP) is 3.90. The molecule has 0 atom stereocenters. The molecule has 0 N–H and O–H groups in total. The van der Waals surface area contributed by atoms with Gasteiger partial charge in [-0.05, 0) is 15.9 Å². The molecule has 2 aromatic heterocycles. The van der Waals surface area contributed by atoms with Crippen LogP contribution >= 0.6 is 38.9 Å². The third-order valence-electron chi connectivity index (χ3n) is 1.53. The Kier molecular flexibility index (Phi) is 2.71. The van der Waals surface area contributed by atoms with Gasteiger partial charge in [0, 0.05) is 15.2 Å². The summed E-state index contributed by atoms with van der Waals surface area (Å²) in [6.45, 7) is 0. The van der Waals surface area contributed by atoms with Gasteiger partial charge in [-0.15, -0.1) is 11.6 Å². The van der Waals surface area contributed by atoms with Gasteiger partial charge < -0.3 is 4.42 Å². The Bertz CT molecular complexity index is 412. The van der Waals surface area contributed by atoms with E-state index >= 15 is 0 Å². The van der Waals surface area contributed by atoms with E-state index in [4.69, 9.17) is 16.0 Å². The van der Waals surface area contributed by atoms with Crippen LogP contribution in [0, 0.1) is 0 Å². The number of alkyl halides is 1. The number of aromatic nitrogens is 1. The van der Waals surface area contributed by atoms with Crippen molar-refractivity contribution in [1.29, 1.82) is 0 Å². The highest BCUT2D eigenvalue weighted by atomic mass is 79.9. The summed E-state index contributed by atoms with van der Waals surface area (Å²) in [5.74, 6) is 0.995. The summed E-state index contributed by atoms with van der Waals surface area (Å²) in [5.41, 5.74) is 1.73. The molecule has 0 bridgehead atoms. The van der Waals surface area contributed by atoms with Crippen molar-refractivity contribution < 1.29 is 4.42 Å². The van der Waals surface area contributed by atoms with Crippen LogP contribution in [0.1, 0.15) is 5.69 Å². The number of nitrogens with zero attached hydrogens (tertiary/aromatic N) is 1. The predicted molar refractivity (Wildman–Crippen MR) is 57.1 cm³/mol. The van der Waals surface area contributed by atoms with Crippen LogP contribution < -0.4 is 0 Å². The van der Waals surface area contributed by atoms with E-state index in [0.29, 0.717) is 11.8 Å². The third kappa shape index (κ3) is 1.80. The fraction of sp³-hybridized carbons (Fsp3) is 0.125. The van der Waals surface area contributed by atoms with Crippen LogP contribution in [0.25, 0.3) is 11.5 Å². The second kappa shape index (κ2) is 3.82. The number of thiophene rings is 1. The summed E-state index contributed by atoms with van der Waals surface area (Å²) in [7, 11) is 0. The quantitative estimate of drug-likeness (QED) is 0.779. The van der Waals surface area contributed by atoms with Gasteiger partial charge in [-0.1, -0.05) is 0 Å². The minimum atomic E-state index is 0.380. The smallest absolute Gasteiger partial charge is 0.228 e. The maximum absolute atomic E-state index is 5.61. The molecule has 0 unspecified atom stereocenters. The maximum atomic E-state index is 5.61. The van der Waals surface area contributed by atoms with Crippen molar-refractivity contribution in [2.75, 3.05) is 0 Å². The van der Waals surface area contributed by atoms with Gasteiger partial charge in [0.15, 0.2) is 0 Å². The van der Waals surface area contributed by atoms with Crippen LogP contribution in [-0.4, -0.2) is 4.98 Å². The minimum Gasteiger partial charge on any atom is -0.444 e. The summed E-state index contributed by atoms with van der Waals surface area (Å²) in [6.07, 6.45) is 1.58. The molecule has 2 nitrogen and oxygen atoms in total. The van der Waals surface area contributed by atoms with Crippen molar-refractivity contribution in [3.63, 3.8) is 0 Å². The standard InChI is InChI=1S/C8H5BrClNOS/c9-7-4-13-3-6(7)8-11-5(1-10)2-12-8/h2-4H,1H2. The highest BCUT2D eigenvalue weighted by Gasteiger charge is 2.09. The highest BCUT2D eigenvalue weighted by molar-refractivity contribution is 9.10. The van der Waals surface area contributed by atoms with Crippen molar-refractivity contribution >= 4 is 38.9 Å². The Hall–Kier alpha value is -0.320. The Morgan fingerprint density at radius 1 is 1.54 bits per heavy atom. The van der Waals surface area contributed by atoms with Gasteiger partial charge in [-0.2, -0.15) is 11.3 Å². The van der Waals surface area contributed by atoms with E-state index in [9.17, 15) is 0 Å². The fourth-order valence-electron chi connectivity index (χ4n) is 0.926. The van der Waals surface area contributed by atoms with Gasteiger partial charge >= 0.3 is 0 Å². The van der Waals surface area contributed by atoms with Crippen LogP contribution in [0.5, 0.6) is 0 Å². The fourth-order valence-corrected chi connectivity index (χ4v) is 2.49. The monoisotopic (exact) mass is 277 g/mol. The molecule has 0 fully saturated rings. The zero-order valence-corrected chi connectivity index (χ0v) is 9.62. The molecule has 0 aliphatic heterocycles. The second-order valence-corrected chi connectivity index (χ2v) is 4.28. The van der Waals surface area contributed by atoms with Gasteiger partial charge in [-0.25, -0.2) is 4.98 Å². The van der Waals surface area contributed by atoms with Crippen molar-refractivity contribution in [3.05, 3.63) is 27.2 Å². The Morgan fingerprint density at radius 2 is 2.38 bits per heavy atom. The van der Waals surface area contributed by atoms with Crippen LogP contribution in [0.3, 0.4) is 0 Å². The number of rotatable bonds is 2. The van der Waals surface area contributed by atoms with E-state index in [1.807, 2.05) is 10.8 Å². The molecule has 0 saturated heterocycles. The number of oxazole rings is 1. The first-order valence-electron chi connectivity index (χ1n) is 3.53. The molecule has 0 spiro atoms. The first kappa shape index (κ1) is 9.24. The summed E-state index contributed by atoms with van der Waals surface area (Å²) in [4.78, 5) is 4.21. The highest BCUT2D eigenvalue weighted by Crippen LogP contribution is 2.30. The molecule has 0 saturated carbocycles. The normalized spacial score (nSPS) is 10.6. The van der Waals surface area contributed by atoms with Crippen LogP contribution in [0.4, 0.5) is 0 Å². The largest absolute Gasteiger partial charge is 0.444 e. The van der Waals surface area contributed by atoms with Gasteiger partial charge in [0.1, 0.15) is 6.26 Å². The van der Waals surface area contributed by atoms with E-state index in [-0.39, 0.29) is 0 Å². The van der Waals surface area contributed by atoms with Gasteiger partial charge in [0.2, 0.25) is 5.89 Å². The topological polar surface area (TPSA) is 26.0 Å². The van der Waals surface area contributed by atoms with Crippen LogP contribution in [0.15, 0.2) is 25.9 Å². The van der Waals surface area contributed by atoms with E-state index in [0.717, 1.165) is 15.7 Å². The average molecular weight is 279 g/mol. The lowest BCUT2D eigenvalue weighted by molar-refractivity contribution is 0.573. The van der Waals surface area contributed by atoms with Gasteiger partial charge in [0.05, 0.1) is 17.1 Å². The Balaban J connectivity index is 2.41. The molecule has 0 aromatic carbocycles. The van der Waals surface area contributed by atoms with Gasteiger partial charge in [0.25, 0.3) is 0 Å². The van der Waals surface area contributed by atoms with E-state index in [1.54, 1.807) is 17.6 Å². The SMILES string of the molecule is ClCc1coc(-c2cscc2Br)n1. The average Bonchev–Trinajstić information content (AvgIpc) is 2.71. The lowest BCUT2D eigenvalue weighted by Crippen LogP contribution is -1.77. The molecule has 0 aliphatic carbocycles. The van der Waals surface area contributed by atoms with Crippen molar-refractivity contribution in [3.8, 4) is 11.5 Å². The Morgan fingerprint density at radius 3 is 2.92 bits per heavy atom. The van der Waals surface area contributed by atoms with Crippen molar-refractivity contribution in [2.45, 2.75) is 5.88 Å². The van der Waals surface area contributed by atoms with Crippen molar-refractivity contribution in [2.24, 2.45) is 0 Å². The van der Waals surface area contributed by atoms with Gasteiger partial charge in [-0.3, -0.25) is 0 Å². The molecule has 2 rings (SSSR count). The molecule has 2 aromatic rings. The summed E-state index contributed by atoms with van der Waals surface area (Å²) in [5, 5.41) is 3.97. The van der Waals surface area contributed by atoms with E-state index in [2.05, 4.69) is 20.9 Å². The van der Waals surface area contributed by atoms with Crippen molar-refractivity contribution in [1.82, 2.24) is 4.98 Å². The molecule has 68 valence electrons. The molecule has 13 heavy (non-hydrogen) atoms. The number of halogens is 2. The molecular weight excluding hydrogens is 274 g/mol. The van der Waals surface area contributed by atoms with Crippen LogP contribution in [-0.2, 0) is 5.88 Å². The molecule has 5 heteroatoms. The molecule has 2 heterocycles. The first-order valence-corrected chi connectivity index (χ1v) is 5.80. The number of hydrogen-bond acceptors (Lipinski definition) is 3. The lowest BCUT2D eigenvalue weighted by Gasteiger charge is -1.89. The number of hydrogen-bond donors (Lipinski definition) is 0. The lowest BCUT2D eigenvalue weighted by atomic mass is 10.3. The summed E-state index contributed by atoms with van der Waals surface area (Å²) in [6, 6.07) is 0. The maximum Gasteiger partial charge on any atom is 0.228 e. The minimum absolute atomic E-state index is 0.380. The molecular formula is C8H5BrClNOS. The van der Waals surface area contributed by atoms with E-state index in [1.165, 1.54) is 0 Å². The Labute approximate surface area is 92.7 Å². The first-order chi connectivity index (χ1) is 6.31. The molecule has 0 aliphatic rings. The zero-order valence-electron chi connectivity index (χ0n) is 6.46. The van der Waals surface area contributed by atoms with Crippen LogP contribution in [0.2, 0.25) is 0 Å². The zero-order chi connectivity index (χ0) is 9.26. The summed E-state index contributed by atoms with van der Waals surface area (Å²) >= 11 is 10.6. The third-order valence-corrected chi connectivity index (χ3v) is 3.51. The van der Waals surface area contributed by atoms with E-state index < -0.39 is 0 Å². The molecule has 0 amide bonds. The second-order valence-electron chi connectivity index (χ2n) is 2.41. The molecule has 0 radical (unpaired) electrons.